The van der Waals surface area contributed by atoms with E-state index in [2.05, 4.69) is 163 Å². The minimum absolute atomic E-state index is 0.0636. The van der Waals surface area contributed by atoms with Crippen LogP contribution in [0.5, 0.6) is 0 Å². The second-order valence-corrected chi connectivity index (χ2v) is 13.2. The van der Waals surface area contributed by atoms with Crippen LogP contribution in [0.3, 0.4) is 0 Å². The molecule has 2 atom stereocenters. The molecule has 47 heavy (non-hydrogen) atoms. The van der Waals surface area contributed by atoms with E-state index in [0.29, 0.717) is 5.92 Å². The molecule has 2 unspecified atom stereocenters. The van der Waals surface area contributed by atoms with Crippen molar-refractivity contribution in [1.29, 1.82) is 0 Å². The van der Waals surface area contributed by atoms with E-state index in [9.17, 15) is 0 Å². The number of nitrogens with zero attached hydrogens (tertiary/aromatic N) is 3. The van der Waals surface area contributed by atoms with Crippen LogP contribution < -0.4 is 4.90 Å². The summed E-state index contributed by atoms with van der Waals surface area (Å²) in [5.74, 6) is 0.314. The van der Waals surface area contributed by atoms with E-state index in [-0.39, 0.29) is 6.17 Å². The van der Waals surface area contributed by atoms with Gasteiger partial charge in [-0.25, -0.2) is 0 Å². The van der Waals surface area contributed by atoms with E-state index >= 15 is 0 Å². The Morgan fingerprint density at radius 3 is 2.02 bits per heavy atom. The molecule has 6 aromatic carbocycles. The van der Waals surface area contributed by atoms with Crippen LogP contribution in [0.15, 0.2) is 150 Å². The predicted molar refractivity (Wildman–Crippen MR) is 198 cm³/mol. The predicted octanol–water partition coefficient (Wildman–Crippen LogP) is 10.7. The highest BCUT2D eigenvalue weighted by atomic mass is 15.2. The van der Waals surface area contributed by atoms with Crippen molar-refractivity contribution >= 4 is 49.7 Å². The number of aromatic nitrogens is 1. The molecule has 3 nitrogen and oxygen atoms in total. The lowest BCUT2D eigenvalue weighted by atomic mass is 9.87. The monoisotopic (exact) mass is 603 g/mol. The molecular formula is C44H33N3. The van der Waals surface area contributed by atoms with Gasteiger partial charge >= 0.3 is 0 Å². The Bertz CT molecular complexity index is 2530. The Morgan fingerprint density at radius 2 is 1.23 bits per heavy atom. The molecule has 2 heterocycles. The van der Waals surface area contributed by atoms with E-state index in [1.807, 2.05) is 0 Å². The third-order valence-corrected chi connectivity index (χ3v) is 10.6. The maximum Gasteiger partial charge on any atom is 0.144 e. The molecule has 0 fully saturated rings. The van der Waals surface area contributed by atoms with Crippen molar-refractivity contribution in [3.8, 4) is 22.3 Å². The van der Waals surface area contributed by atoms with E-state index in [1.165, 1.54) is 77.4 Å². The topological polar surface area (TPSA) is 20.5 Å². The van der Waals surface area contributed by atoms with Gasteiger partial charge in [-0.15, -0.1) is 0 Å². The van der Waals surface area contributed by atoms with Crippen LogP contribution in [-0.2, 0) is 0 Å². The summed E-state index contributed by atoms with van der Waals surface area (Å²) in [6.07, 6.45) is 5.60. The van der Waals surface area contributed by atoms with Gasteiger partial charge in [0.05, 0.1) is 16.7 Å². The molecule has 0 spiro atoms. The number of hydrogen-bond acceptors (Lipinski definition) is 2. The zero-order valence-corrected chi connectivity index (χ0v) is 26.5. The number of likely N-dealkylation sites (N-methyl/N-ethyl adjacent to an activating group) is 1. The van der Waals surface area contributed by atoms with Gasteiger partial charge < -0.3 is 9.47 Å². The molecule has 0 amide bonds. The van der Waals surface area contributed by atoms with Gasteiger partial charge in [0.1, 0.15) is 6.17 Å². The molecule has 10 rings (SSSR count). The van der Waals surface area contributed by atoms with E-state index in [4.69, 9.17) is 4.99 Å². The van der Waals surface area contributed by atoms with Gasteiger partial charge in [0, 0.05) is 40.3 Å². The highest BCUT2D eigenvalue weighted by molar-refractivity contribution is 6.30. The summed E-state index contributed by atoms with van der Waals surface area (Å²) in [5.41, 5.74) is 15.1. The van der Waals surface area contributed by atoms with Gasteiger partial charge in [0.15, 0.2) is 0 Å². The van der Waals surface area contributed by atoms with E-state index in [1.54, 1.807) is 0 Å². The molecule has 1 aromatic heterocycles. The summed E-state index contributed by atoms with van der Waals surface area (Å²) in [4.78, 5) is 7.81. The number of anilines is 1. The first kappa shape index (κ1) is 26.5. The van der Waals surface area contributed by atoms with Crippen molar-refractivity contribution in [3.05, 3.63) is 156 Å². The van der Waals surface area contributed by atoms with Crippen molar-refractivity contribution in [3.63, 3.8) is 0 Å². The molecule has 0 N–H and O–H groups in total. The van der Waals surface area contributed by atoms with Crippen LogP contribution in [0.4, 0.5) is 5.69 Å². The first-order chi connectivity index (χ1) is 23.2. The number of allylic oxidation sites excluding steroid dienone is 3. The van der Waals surface area contributed by atoms with Crippen LogP contribution in [-0.4, -0.2) is 23.5 Å². The molecule has 0 bridgehead atoms. The second kappa shape index (κ2) is 9.91. The number of aliphatic imine (C=N–C) groups is 1. The fourth-order valence-corrected chi connectivity index (χ4v) is 8.52. The van der Waals surface area contributed by atoms with Crippen LogP contribution >= 0.6 is 0 Å². The molecule has 0 saturated carbocycles. The summed E-state index contributed by atoms with van der Waals surface area (Å²) in [7, 11) is 2.19. The molecule has 1 aliphatic heterocycles. The van der Waals surface area contributed by atoms with Gasteiger partial charge in [-0.2, -0.15) is 0 Å². The lowest BCUT2D eigenvalue weighted by Crippen LogP contribution is -2.39. The Morgan fingerprint density at radius 1 is 0.574 bits per heavy atom. The average Bonchev–Trinajstić information content (AvgIpc) is 3.40. The largest absolute Gasteiger partial charge is 0.349 e. The van der Waals surface area contributed by atoms with Gasteiger partial charge in [0.2, 0.25) is 0 Å². The van der Waals surface area contributed by atoms with Crippen molar-refractivity contribution in [2.75, 3.05) is 11.9 Å². The normalized spacial score (nSPS) is 18.3. The number of para-hydroxylation sites is 1. The average molecular weight is 604 g/mol. The number of hydrogen-bond donors (Lipinski definition) is 0. The van der Waals surface area contributed by atoms with E-state index in [0.717, 1.165) is 17.7 Å². The lowest BCUT2D eigenvalue weighted by Gasteiger charge is -2.38. The number of rotatable bonds is 3. The van der Waals surface area contributed by atoms with Gasteiger partial charge in [-0.05, 0) is 75.2 Å². The van der Waals surface area contributed by atoms with Crippen molar-refractivity contribution < 1.29 is 0 Å². The van der Waals surface area contributed by atoms with Crippen LogP contribution in [0.2, 0.25) is 0 Å². The van der Waals surface area contributed by atoms with Crippen LogP contribution in [0.1, 0.15) is 24.5 Å². The molecule has 7 aromatic rings. The SMILES string of the molecule is CC1CC(n2c3cccc4c3c3c5c(cccc5ccc32)-c2ccccc2-4)=CC=C1C1N=C(c2ccccc2)c2ccccc2N1C. The zero-order valence-electron chi connectivity index (χ0n) is 26.5. The minimum Gasteiger partial charge on any atom is -0.349 e. The third-order valence-electron chi connectivity index (χ3n) is 10.6. The van der Waals surface area contributed by atoms with Gasteiger partial charge in [-0.3, -0.25) is 4.99 Å². The summed E-state index contributed by atoms with van der Waals surface area (Å²) >= 11 is 0. The zero-order chi connectivity index (χ0) is 31.2. The maximum atomic E-state index is 5.46. The fraction of sp³-hybridized carbons (Fsp3) is 0.114. The molecule has 224 valence electrons. The van der Waals surface area contributed by atoms with Gasteiger partial charge in [-0.1, -0.05) is 122 Å². The second-order valence-electron chi connectivity index (χ2n) is 13.2. The maximum absolute atomic E-state index is 5.46. The summed E-state index contributed by atoms with van der Waals surface area (Å²) in [6.45, 7) is 2.37. The number of benzene rings is 6. The molecule has 3 heteroatoms. The fourth-order valence-electron chi connectivity index (χ4n) is 8.52. The quantitative estimate of drug-likeness (QED) is 0.197. The first-order valence-electron chi connectivity index (χ1n) is 16.6. The van der Waals surface area contributed by atoms with Gasteiger partial charge in [0.25, 0.3) is 0 Å². The highest BCUT2D eigenvalue weighted by Gasteiger charge is 2.33. The Hall–Kier alpha value is -5.67. The minimum atomic E-state index is -0.0636. The van der Waals surface area contributed by atoms with Crippen molar-refractivity contribution in [2.24, 2.45) is 10.9 Å². The molecule has 2 aliphatic carbocycles. The summed E-state index contributed by atoms with van der Waals surface area (Å²) in [6, 6.07) is 46.5. The Kier molecular flexibility index (Phi) is 5.60. The van der Waals surface area contributed by atoms with E-state index < -0.39 is 0 Å². The highest BCUT2D eigenvalue weighted by Crippen LogP contribution is 2.50. The van der Waals surface area contributed by atoms with Crippen molar-refractivity contribution in [1.82, 2.24) is 4.57 Å². The lowest BCUT2D eigenvalue weighted by molar-refractivity contribution is 0.590. The summed E-state index contributed by atoms with van der Waals surface area (Å²) in [5, 5.41) is 5.37. The Labute approximate surface area is 274 Å². The van der Waals surface area contributed by atoms with Crippen LogP contribution in [0, 0.1) is 5.92 Å². The first-order valence-corrected chi connectivity index (χ1v) is 16.6. The molecule has 0 saturated heterocycles. The molecule has 3 aliphatic rings. The molecule has 0 radical (unpaired) electrons. The van der Waals surface area contributed by atoms with Crippen molar-refractivity contribution in [2.45, 2.75) is 19.5 Å². The van der Waals surface area contributed by atoms with Crippen LogP contribution in [0.25, 0.3) is 60.5 Å². The summed E-state index contributed by atoms with van der Waals surface area (Å²) < 4.78 is 2.54. The smallest absolute Gasteiger partial charge is 0.144 e. The Balaban J connectivity index is 1.18. The number of fused-ring (bicyclic) bond motifs is 4. The third kappa shape index (κ3) is 3.71. The molecular weight excluding hydrogens is 571 g/mol. The standard InChI is InChI=1S/C44H33N3/c1-27-26-30(23-24-31(27)44-45-43(29-12-4-3-5-13-29)36-17-8-9-20-37(36)46(44)2)47-38-21-11-19-35-33-16-7-6-15-32(33)34-18-10-14-28-22-25-39(47)42(40(28)34)41(35)38/h3-25,27,44H,26H2,1-2H3.